The minimum atomic E-state index is -3.82. The molecule has 38 heavy (non-hydrogen) atoms. The molecule has 0 radical (unpaired) electrons. The second-order valence-corrected chi connectivity index (χ2v) is 17.0. The Hall–Kier alpha value is -2.25. The van der Waals surface area contributed by atoms with Crippen molar-refractivity contribution in [2.24, 2.45) is 0 Å². The van der Waals surface area contributed by atoms with Crippen LogP contribution in [0.5, 0.6) is 0 Å². The van der Waals surface area contributed by atoms with E-state index in [0.29, 0.717) is 13.0 Å². The molecule has 3 rings (SSSR count). The van der Waals surface area contributed by atoms with Gasteiger partial charge in [0.05, 0.1) is 11.0 Å². The molecule has 6 heteroatoms. The molecule has 0 fully saturated rings. The number of benzene rings is 3. The maximum absolute atomic E-state index is 13.0. The highest BCUT2D eigenvalue weighted by atomic mass is 32.2. The Morgan fingerprint density at radius 3 is 1.79 bits per heavy atom. The third kappa shape index (κ3) is 7.66. The van der Waals surface area contributed by atoms with Gasteiger partial charge in [-0.3, -0.25) is 4.18 Å². The van der Waals surface area contributed by atoms with Crippen LogP contribution in [-0.2, 0) is 18.7 Å². The molecule has 0 aliphatic heterocycles. The highest BCUT2D eigenvalue weighted by Crippen LogP contribution is 2.37. The van der Waals surface area contributed by atoms with Crippen LogP contribution in [0.25, 0.3) is 0 Å². The standard InChI is InChI=1S/C32H44O4SSi/c1-6-7-10-16-28(36-37(33,34)29-24-22-27(2)23-25-29)17-15-26-35-38(32(3,4)5,30-18-11-8-12-19-30)31-20-13-9-14-21-31/h8-9,11-14,18-25,28H,6-7,10,15-17,26H2,1-5H3. The van der Waals surface area contributed by atoms with Gasteiger partial charge in [-0.25, -0.2) is 0 Å². The summed E-state index contributed by atoms with van der Waals surface area (Å²) < 4.78 is 38.9. The van der Waals surface area contributed by atoms with Crippen LogP contribution in [0.1, 0.15) is 71.8 Å². The van der Waals surface area contributed by atoms with Crippen molar-refractivity contribution in [2.45, 2.75) is 89.2 Å². The molecule has 0 aliphatic rings. The van der Waals surface area contributed by atoms with Gasteiger partial charge in [0.15, 0.2) is 0 Å². The molecule has 0 bridgehead atoms. The zero-order chi connectivity index (χ0) is 27.7. The summed E-state index contributed by atoms with van der Waals surface area (Å²) in [5.41, 5.74) is 1.02. The van der Waals surface area contributed by atoms with Crippen molar-refractivity contribution in [3.8, 4) is 0 Å². The van der Waals surface area contributed by atoms with Crippen LogP contribution < -0.4 is 10.4 Å². The first-order valence-electron chi connectivity index (χ1n) is 13.8. The zero-order valence-corrected chi connectivity index (χ0v) is 25.5. The predicted octanol–water partition coefficient (Wildman–Crippen LogP) is 7.01. The fraction of sp³-hybridized carbons (Fsp3) is 0.438. The van der Waals surface area contributed by atoms with Gasteiger partial charge in [-0.15, -0.1) is 0 Å². The Labute approximate surface area is 231 Å². The van der Waals surface area contributed by atoms with Gasteiger partial charge in [-0.1, -0.05) is 125 Å². The summed E-state index contributed by atoms with van der Waals surface area (Å²) in [7, 11) is -6.44. The molecule has 1 atom stereocenters. The van der Waals surface area contributed by atoms with Crippen molar-refractivity contribution in [1.82, 2.24) is 0 Å². The second kappa shape index (κ2) is 13.7. The number of rotatable bonds is 14. The minimum absolute atomic E-state index is 0.0957. The Kier molecular flexibility index (Phi) is 10.9. The summed E-state index contributed by atoms with van der Waals surface area (Å²) in [6.45, 7) is 11.4. The maximum atomic E-state index is 13.0. The van der Waals surface area contributed by atoms with Gasteiger partial charge in [0, 0.05) is 6.61 Å². The molecule has 1 unspecified atom stereocenters. The van der Waals surface area contributed by atoms with E-state index in [1.807, 2.05) is 19.1 Å². The Morgan fingerprint density at radius 2 is 1.29 bits per heavy atom. The lowest BCUT2D eigenvalue weighted by molar-refractivity contribution is 0.169. The molecular weight excluding hydrogens is 509 g/mol. The SMILES string of the molecule is CCCCCC(CCCO[Si](c1ccccc1)(c1ccccc1)C(C)(C)C)OS(=O)(=O)c1ccc(C)cc1. The zero-order valence-electron chi connectivity index (χ0n) is 23.7. The van der Waals surface area contributed by atoms with E-state index in [4.69, 9.17) is 8.61 Å². The Bertz CT molecular complexity index is 1160. The molecule has 0 heterocycles. The van der Waals surface area contributed by atoms with Gasteiger partial charge in [-0.2, -0.15) is 8.42 Å². The molecule has 0 aliphatic carbocycles. The molecule has 0 spiro atoms. The fourth-order valence-electron chi connectivity index (χ4n) is 5.10. The smallest absolute Gasteiger partial charge is 0.297 e. The van der Waals surface area contributed by atoms with Crippen LogP contribution in [0, 0.1) is 6.92 Å². The van der Waals surface area contributed by atoms with Crippen molar-refractivity contribution < 1.29 is 17.0 Å². The topological polar surface area (TPSA) is 52.6 Å². The van der Waals surface area contributed by atoms with Crippen LogP contribution in [0.4, 0.5) is 0 Å². The third-order valence-corrected chi connectivity index (χ3v) is 13.5. The van der Waals surface area contributed by atoms with E-state index >= 15 is 0 Å². The van der Waals surface area contributed by atoms with Crippen molar-refractivity contribution >= 4 is 28.8 Å². The first-order valence-corrected chi connectivity index (χ1v) is 17.2. The van der Waals surface area contributed by atoms with Crippen LogP contribution in [0.2, 0.25) is 5.04 Å². The van der Waals surface area contributed by atoms with Gasteiger partial charge in [-0.05, 0) is 53.7 Å². The monoisotopic (exact) mass is 552 g/mol. The summed E-state index contributed by atoms with van der Waals surface area (Å²) in [6, 6.07) is 28.1. The third-order valence-electron chi connectivity index (χ3n) is 7.11. The molecule has 0 amide bonds. The summed E-state index contributed by atoms with van der Waals surface area (Å²) >= 11 is 0. The number of hydrogen-bond acceptors (Lipinski definition) is 4. The number of unbranched alkanes of at least 4 members (excludes halogenated alkanes) is 2. The van der Waals surface area contributed by atoms with E-state index in [-0.39, 0.29) is 16.0 Å². The number of hydrogen-bond donors (Lipinski definition) is 0. The second-order valence-electron chi connectivity index (χ2n) is 11.1. The molecule has 4 nitrogen and oxygen atoms in total. The lowest BCUT2D eigenvalue weighted by Gasteiger charge is -2.43. The Balaban J connectivity index is 1.78. The van der Waals surface area contributed by atoms with Crippen LogP contribution in [-0.4, -0.2) is 29.4 Å². The first-order chi connectivity index (χ1) is 18.1. The van der Waals surface area contributed by atoms with Gasteiger partial charge >= 0.3 is 0 Å². The average Bonchev–Trinajstić information content (AvgIpc) is 2.89. The van der Waals surface area contributed by atoms with E-state index < -0.39 is 18.4 Å². The van der Waals surface area contributed by atoms with Gasteiger partial charge in [0.1, 0.15) is 0 Å². The average molecular weight is 553 g/mol. The molecule has 0 N–H and O–H groups in total. The molecular formula is C32H44O4SSi. The van der Waals surface area contributed by atoms with Crippen molar-refractivity contribution in [2.75, 3.05) is 6.61 Å². The normalized spacial score (nSPS) is 13.4. The number of aryl methyl sites for hydroxylation is 1. The van der Waals surface area contributed by atoms with Crippen LogP contribution in [0.3, 0.4) is 0 Å². The summed E-state index contributed by atoms with van der Waals surface area (Å²) in [5, 5.41) is 2.40. The summed E-state index contributed by atoms with van der Waals surface area (Å²) in [5.74, 6) is 0. The van der Waals surface area contributed by atoms with Crippen LogP contribution >= 0.6 is 0 Å². The van der Waals surface area contributed by atoms with E-state index in [1.54, 1.807) is 24.3 Å². The molecule has 3 aromatic carbocycles. The first kappa shape index (κ1) is 30.3. The van der Waals surface area contributed by atoms with E-state index in [2.05, 4.69) is 76.2 Å². The highest BCUT2D eigenvalue weighted by molar-refractivity contribution is 7.86. The van der Waals surface area contributed by atoms with Crippen molar-refractivity contribution in [3.05, 3.63) is 90.5 Å². The molecule has 206 valence electrons. The Morgan fingerprint density at radius 1 is 0.763 bits per heavy atom. The summed E-state index contributed by atoms with van der Waals surface area (Å²) in [4.78, 5) is 0.215. The molecule has 3 aromatic rings. The largest absolute Gasteiger partial charge is 0.407 e. The minimum Gasteiger partial charge on any atom is -0.407 e. The van der Waals surface area contributed by atoms with E-state index in [9.17, 15) is 8.42 Å². The van der Waals surface area contributed by atoms with E-state index in [0.717, 1.165) is 37.7 Å². The van der Waals surface area contributed by atoms with Crippen LogP contribution in [0.15, 0.2) is 89.8 Å². The maximum Gasteiger partial charge on any atom is 0.297 e. The fourth-order valence-corrected chi connectivity index (χ4v) is 10.8. The summed E-state index contributed by atoms with van der Waals surface area (Å²) in [6.07, 6.45) is 4.79. The quantitative estimate of drug-likeness (QED) is 0.123. The lowest BCUT2D eigenvalue weighted by Crippen LogP contribution is -2.66. The predicted molar refractivity (Wildman–Crippen MR) is 160 cm³/mol. The van der Waals surface area contributed by atoms with Gasteiger partial charge in [0.2, 0.25) is 0 Å². The van der Waals surface area contributed by atoms with Gasteiger partial charge in [0.25, 0.3) is 18.4 Å². The molecule has 0 saturated carbocycles. The van der Waals surface area contributed by atoms with Crippen molar-refractivity contribution in [3.63, 3.8) is 0 Å². The highest BCUT2D eigenvalue weighted by Gasteiger charge is 2.50. The molecule has 0 saturated heterocycles. The molecule has 0 aromatic heterocycles. The lowest BCUT2D eigenvalue weighted by atomic mass is 10.1. The van der Waals surface area contributed by atoms with Gasteiger partial charge < -0.3 is 4.43 Å². The van der Waals surface area contributed by atoms with Crippen molar-refractivity contribution in [1.29, 1.82) is 0 Å². The van der Waals surface area contributed by atoms with E-state index in [1.165, 1.54) is 10.4 Å².